The van der Waals surface area contributed by atoms with Crippen LogP contribution in [-0.2, 0) is 11.3 Å². The fourth-order valence-corrected chi connectivity index (χ4v) is 4.82. The first kappa shape index (κ1) is 28.8. The number of ether oxygens (including phenoxy) is 2. The summed E-state index contributed by atoms with van der Waals surface area (Å²) < 4.78 is 11.8. The van der Waals surface area contributed by atoms with Crippen LogP contribution in [0.1, 0.15) is 71.9 Å². The van der Waals surface area contributed by atoms with E-state index in [1.165, 1.54) is 11.3 Å². The Morgan fingerprint density at radius 3 is 2.23 bits per heavy atom. The Morgan fingerprint density at radius 1 is 0.925 bits per heavy atom. The Balaban J connectivity index is 1.56. The maximum atomic E-state index is 13.7. The number of hydrogen-bond donors (Lipinski definition) is 2. The minimum atomic E-state index is -0.965. The van der Waals surface area contributed by atoms with Gasteiger partial charge in [-0.3, -0.25) is 9.59 Å². The van der Waals surface area contributed by atoms with Gasteiger partial charge in [0.05, 0.1) is 16.3 Å². The lowest BCUT2D eigenvalue weighted by Crippen LogP contribution is -2.34. The number of nitrogens with one attached hydrogen (secondary N) is 2. The highest BCUT2D eigenvalue weighted by atomic mass is 32.1. The van der Waals surface area contributed by atoms with Gasteiger partial charge >= 0.3 is 6.09 Å². The summed E-state index contributed by atoms with van der Waals surface area (Å²) in [7, 11) is 0. The van der Waals surface area contributed by atoms with E-state index in [2.05, 4.69) is 15.6 Å². The summed E-state index contributed by atoms with van der Waals surface area (Å²) in [5, 5.41) is 5.92. The van der Waals surface area contributed by atoms with Gasteiger partial charge in [0.15, 0.2) is 5.01 Å². The number of para-hydroxylation sites is 1. The number of alkyl carbamates (subject to hydrolysis) is 1. The molecule has 4 rings (SSSR count). The van der Waals surface area contributed by atoms with Gasteiger partial charge < -0.3 is 20.1 Å². The van der Waals surface area contributed by atoms with Gasteiger partial charge in [-0.05, 0) is 82.1 Å². The van der Waals surface area contributed by atoms with Gasteiger partial charge in [0.2, 0.25) is 5.78 Å². The van der Waals surface area contributed by atoms with Crippen LogP contribution >= 0.6 is 11.3 Å². The molecule has 208 valence electrons. The monoisotopic (exact) mass is 559 g/mol. The maximum Gasteiger partial charge on any atom is 0.407 e. The smallest absolute Gasteiger partial charge is 0.407 e. The summed E-state index contributed by atoms with van der Waals surface area (Å²) in [5.74, 6) is -0.0515. The highest BCUT2D eigenvalue weighted by Crippen LogP contribution is 2.27. The molecular formula is C31H33N3O5S. The van der Waals surface area contributed by atoms with Crippen molar-refractivity contribution in [3.05, 3.63) is 94.5 Å². The number of carbonyl (C=O) groups is 3. The second-order valence-electron chi connectivity index (χ2n) is 10.5. The van der Waals surface area contributed by atoms with Crippen molar-refractivity contribution < 1.29 is 23.9 Å². The maximum absolute atomic E-state index is 13.7. The second kappa shape index (κ2) is 12.3. The van der Waals surface area contributed by atoms with Gasteiger partial charge in [0.1, 0.15) is 17.4 Å². The van der Waals surface area contributed by atoms with E-state index in [-0.39, 0.29) is 18.4 Å². The van der Waals surface area contributed by atoms with E-state index in [0.29, 0.717) is 21.9 Å². The lowest BCUT2D eigenvalue weighted by Gasteiger charge is -2.20. The molecule has 40 heavy (non-hydrogen) atoms. The topological polar surface area (TPSA) is 107 Å². The van der Waals surface area contributed by atoms with Crippen molar-refractivity contribution in [1.29, 1.82) is 0 Å². The summed E-state index contributed by atoms with van der Waals surface area (Å²) in [6.07, 6.45) is -0.504. The van der Waals surface area contributed by atoms with Gasteiger partial charge in [0.25, 0.3) is 5.91 Å². The normalized spacial score (nSPS) is 12.2. The molecule has 0 aliphatic rings. The second-order valence-corrected chi connectivity index (χ2v) is 11.6. The van der Waals surface area contributed by atoms with E-state index in [1.54, 1.807) is 69.3 Å². The third-order valence-corrected chi connectivity index (χ3v) is 6.73. The molecule has 8 nitrogen and oxygen atoms in total. The molecule has 2 amide bonds. The predicted octanol–water partition coefficient (Wildman–Crippen LogP) is 6.46. The molecule has 0 aliphatic heterocycles. The molecule has 1 unspecified atom stereocenters. The van der Waals surface area contributed by atoms with Gasteiger partial charge in [-0.15, -0.1) is 11.3 Å². The quantitative estimate of drug-likeness (QED) is 0.228. The fourth-order valence-electron chi connectivity index (χ4n) is 3.89. The first-order valence-corrected chi connectivity index (χ1v) is 13.8. The van der Waals surface area contributed by atoms with Crippen LogP contribution in [0.2, 0.25) is 0 Å². The summed E-state index contributed by atoms with van der Waals surface area (Å²) >= 11 is 1.29. The Morgan fingerprint density at radius 2 is 1.60 bits per heavy atom. The molecule has 0 spiro atoms. The lowest BCUT2D eigenvalue weighted by atomic mass is 10.0. The molecule has 1 aromatic heterocycles. The molecule has 0 saturated carbocycles. The highest BCUT2D eigenvalue weighted by Gasteiger charge is 2.27. The third kappa shape index (κ3) is 7.66. The molecule has 0 fully saturated rings. The molecular weight excluding hydrogens is 526 g/mol. The van der Waals surface area contributed by atoms with Crippen LogP contribution in [0.25, 0.3) is 10.2 Å². The average Bonchev–Trinajstić information content (AvgIpc) is 3.34. The summed E-state index contributed by atoms with van der Waals surface area (Å²) in [5.41, 5.74) is 1.94. The van der Waals surface area contributed by atoms with Crippen molar-refractivity contribution in [3.63, 3.8) is 0 Å². The molecule has 1 atom stereocenters. The van der Waals surface area contributed by atoms with Crippen LogP contribution in [0.3, 0.4) is 0 Å². The summed E-state index contributed by atoms with van der Waals surface area (Å²) in [6, 6.07) is 20.5. The van der Waals surface area contributed by atoms with Crippen LogP contribution < -0.4 is 15.4 Å². The van der Waals surface area contributed by atoms with Crippen LogP contribution in [0.5, 0.6) is 5.75 Å². The number of nitrogens with zero attached hydrogens (tertiary/aromatic N) is 1. The SMILES string of the molecule is CC(C)Oc1ccc(C(=O)NC(C(=O)c2nc3ccccc3s2)c2ccc(CNC(=O)OC(C)(C)C)cc2)cc1. The molecule has 9 heteroatoms. The van der Waals surface area contributed by atoms with Crippen LogP contribution in [0.15, 0.2) is 72.8 Å². The molecule has 2 N–H and O–H groups in total. The zero-order valence-electron chi connectivity index (χ0n) is 23.2. The molecule has 0 aliphatic carbocycles. The molecule has 0 bridgehead atoms. The van der Waals surface area contributed by atoms with Crippen LogP contribution in [0, 0.1) is 0 Å². The predicted molar refractivity (Wildman–Crippen MR) is 156 cm³/mol. The largest absolute Gasteiger partial charge is 0.491 e. The molecule has 0 saturated heterocycles. The number of fused-ring (bicyclic) bond motifs is 1. The summed E-state index contributed by atoms with van der Waals surface area (Å²) in [6.45, 7) is 9.50. The Hall–Kier alpha value is -4.24. The van der Waals surface area contributed by atoms with Gasteiger partial charge in [-0.1, -0.05) is 36.4 Å². The highest BCUT2D eigenvalue weighted by molar-refractivity contribution is 7.20. The number of hydrogen-bond acceptors (Lipinski definition) is 7. The zero-order chi connectivity index (χ0) is 28.9. The first-order chi connectivity index (χ1) is 19.0. The van der Waals surface area contributed by atoms with E-state index in [4.69, 9.17) is 9.47 Å². The Labute approximate surface area is 237 Å². The minimum absolute atomic E-state index is 0.0118. The number of ketones is 1. The van der Waals surface area contributed by atoms with E-state index in [1.807, 2.05) is 38.1 Å². The molecule has 0 radical (unpaired) electrons. The van der Waals surface area contributed by atoms with Crippen LogP contribution in [-0.4, -0.2) is 34.5 Å². The Kier molecular flexibility index (Phi) is 8.84. The fraction of sp³-hybridized carbons (Fsp3) is 0.290. The number of rotatable bonds is 9. The van der Waals surface area contributed by atoms with E-state index < -0.39 is 23.6 Å². The number of aromatic nitrogens is 1. The molecule has 3 aromatic carbocycles. The van der Waals surface area contributed by atoms with Crippen molar-refractivity contribution in [2.45, 2.75) is 58.9 Å². The van der Waals surface area contributed by atoms with Crippen molar-refractivity contribution >= 4 is 39.3 Å². The van der Waals surface area contributed by atoms with Crippen molar-refractivity contribution in [1.82, 2.24) is 15.6 Å². The molecule has 1 heterocycles. The van der Waals surface area contributed by atoms with Crippen molar-refractivity contribution in [2.24, 2.45) is 0 Å². The standard InChI is InChI=1S/C31H33N3O5S/c1-19(2)38-23-16-14-22(15-17-23)28(36)34-26(27(35)29-33-24-8-6-7-9-25(24)40-29)21-12-10-20(11-13-21)18-32-30(37)39-31(3,4)5/h6-17,19,26H,18H2,1-5H3,(H,32,37)(H,34,36). The lowest BCUT2D eigenvalue weighted by molar-refractivity contribution is 0.0523. The van der Waals surface area contributed by atoms with Crippen molar-refractivity contribution in [2.75, 3.05) is 0 Å². The average molecular weight is 560 g/mol. The number of Topliss-reactive ketones (excluding diaryl/α,β-unsaturated/α-hetero) is 1. The van der Waals surface area contributed by atoms with Gasteiger partial charge in [0, 0.05) is 12.1 Å². The van der Waals surface area contributed by atoms with Gasteiger partial charge in [-0.25, -0.2) is 9.78 Å². The summed E-state index contributed by atoms with van der Waals surface area (Å²) in [4.78, 5) is 43.5. The third-order valence-electron chi connectivity index (χ3n) is 5.68. The van der Waals surface area contributed by atoms with E-state index >= 15 is 0 Å². The number of thiazole rings is 1. The van der Waals surface area contributed by atoms with Gasteiger partial charge in [-0.2, -0.15) is 0 Å². The molecule has 4 aromatic rings. The van der Waals surface area contributed by atoms with E-state index in [9.17, 15) is 14.4 Å². The number of benzene rings is 3. The Bertz CT molecular complexity index is 1460. The van der Waals surface area contributed by atoms with Crippen molar-refractivity contribution in [3.8, 4) is 5.75 Å². The van der Waals surface area contributed by atoms with Crippen LogP contribution in [0.4, 0.5) is 4.79 Å². The minimum Gasteiger partial charge on any atom is -0.491 e. The number of amides is 2. The van der Waals surface area contributed by atoms with E-state index in [0.717, 1.165) is 15.8 Å². The zero-order valence-corrected chi connectivity index (χ0v) is 24.0. The number of carbonyl (C=O) groups excluding carboxylic acids is 3. The first-order valence-electron chi connectivity index (χ1n) is 13.0.